The summed E-state index contributed by atoms with van der Waals surface area (Å²) < 4.78 is 4.81. The van der Waals surface area contributed by atoms with E-state index in [1.54, 1.807) is 0 Å². The van der Waals surface area contributed by atoms with Crippen molar-refractivity contribution in [1.82, 2.24) is 0 Å². The van der Waals surface area contributed by atoms with Gasteiger partial charge in [-0.15, -0.1) is 13.8 Å². The molecule has 1 aliphatic heterocycles. The molecule has 0 spiro atoms. The molecule has 0 amide bonds. The predicted molar refractivity (Wildman–Crippen MR) is 122 cm³/mol. The van der Waals surface area contributed by atoms with Crippen LogP contribution in [0.2, 0.25) is 0 Å². The van der Waals surface area contributed by atoms with Gasteiger partial charge >= 0.3 is 43.7 Å². The molecule has 1 heterocycles. The molecular weight excluding hydrogens is 388 g/mol. The largest absolute Gasteiger partial charge is 2.00 e. The molecule has 0 saturated carbocycles. The average molecular weight is 427 g/mol. The van der Waals surface area contributed by atoms with Crippen molar-refractivity contribution in [3.63, 3.8) is 0 Å². The Hall–Kier alpha value is -0.350. The maximum atomic E-state index is 10.1. The molecular formula is C25H38CaO3. The van der Waals surface area contributed by atoms with Crippen molar-refractivity contribution in [3.05, 3.63) is 45.6 Å². The van der Waals surface area contributed by atoms with E-state index >= 15 is 0 Å². The molecule has 0 bridgehead atoms. The van der Waals surface area contributed by atoms with Crippen LogP contribution in [-0.4, -0.2) is 61.5 Å². The molecule has 1 unspecified atom stereocenters. The summed E-state index contributed by atoms with van der Waals surface area (Å²) in [4.78, 5) is 10.1. The van der Waals surface area contributed by atoms with Gasteiger partial charge in [-0.3, -0.25) is 12.2 Å². The first-order chi connectivity index (χ1) is 12.7. The van der Waals surface area contributed by atoms with Crippen molar-refractivity contribution in [1.29, 1.82) is 0 Å². The maximum absolute atomic E-state index is 10.1. The second-order valence-electron chi connectivity index (χ2n) is 9.09. The molecule has 1 atom stereocenters. The van der Waals surface area contributed by atoms with Crippen LogP contribution in [0.15, 0.2) is 33.4 Å². The van der Waals surface area contributed by atoms with Gasteiger partial charge in [-0.2, -0.15) is 22.3 Å². The summed E-state index contributed by atoms with van der Waals surface area (Å²) in [7, 11) is 0. The fourth-order valence-electron chi connectivity index (χ4n) is 3.58. The molecule has 1 saturated heterocycles. The average Bonchev–Trinajstić information content (AvgIpc) is 3.23. The minimum absolute atomic E-state index is 0. The van der Waals surface area contributed by atoms with Crippen molar-refractivity contribution in [2.75, 3.05) is 6.61 Å². The van der Waals surface area contributed by atoms with E-state index < -0.39 is 12.1 Å². The van der Waals surface area contributed by atoms with Crippen LogP contribution in [0, 0.1) is 23.0 Å². The summed E-state index contributed by atoms with van der Waals surface area (Å²) in [6.07, 6.45) is 7.91. The van der Waals surface area contributed by atoms with Crippen molar-refractivity contribution < 1.29 is 14.6 Å². The zero-order valence-corrected chi connectivity index (χ0v) is 22.4. The minimum atomic E-state index is -0.831. The molecule has 1 fully saturated rings. The van der Waals surface area contributed by atoms with E-state index in [4.69, 9.17) is 9.84 Å². The molecule has 3 aliphatic rings. The van der Waals surface area contributed by atoms with Gasteiger partial charge in [-0.1, -0.05) is 66.2 Å². The van der Waals surface area contributed by atoms with Crippen LogP contribution in [-0.2, 0) is 9.53 Å². The molecule has 158 valence electrons. The van der Waals surface area contributed by atoms with Crippen LogP contribution in [0.1, 0.15) is 82.1 Å². The maximum Gasteiger partial charge on any atom is 2.00 e. The summed E-state index contributed by atoms with van der Waals surface area (Å²) >= 11 is 0. The van der Waals surface area contributed by atoms with Crippen LogP contribution >= 0.6 is 0 Å². The SMILES string of the molecule is CC1=[C-]C(C)(C)C(C)=C1C.CC1=[C-]C(C)(C)C(C)=C1C.O=C(O)C1CCCO1.[Ca+2]. The van der Waals surface area contributed by atoms with E-state index in [9.17, 15) is 4.79 Å². The van der Waals surface area contributed by atoms with E-state index in [2.05, 4.69) is 81.4 Å². The zero-order valence-electron chi connectivity index (χ0n) is 20.2. The van der Waals surface area contributed by atoms with Crippen molar-refractivity contribution in [2.24, 2.45) is 10.8 Å². The Labute approximate surface area is 208 Å². The minimum Gasteiger partial charge on any atom is -0.479 e. The molecule has 3 nitrogen and oxygen atoms in total. The van der Waals surface area contributed by atoms with Gasteiger partial charge in [0.2, 0.25) is 0 Å². The van der Waals surface area contributed by atoms with Crippen molar-refractivity contribution >= 4 is 43.7 Å². The van der Waals surface area contributed by atoms with Gasteiger partial charge < -0.3 is 9.84 Å². The number of aliphatic carboxylic acids is 1. The first kappa shape index (κ1) is 28.6. The Kier molecular flexibility index (Phi) is 11.2. The molecule has 0 aromatic rings. The van der Waals surface area contributed by atoms with Gasteiger partial charge in [-0.05, 0) is 12.8 Å². The first-order valence-corrected chi connectivity index (χ1v) is 10.1. The topological polar surface area (TPSA) is 46.5 Å². The smallest absolute Gasteiger partial charge is 0.479 e. The number of hydrogen-bond donors (Lipinski definition) is 1. The molecule has 2 aliphatic carbocycles. The molecule has 4 heteroatoms. The van der Waals surface area contributed by atoms with Gasteiger partial charge in [0.1, 0.15) is 0 Å². The van der Waals surface area contributed by atoms with E-state index in [1.165, 1.54) is 33.4 Å². The summed E-state index contributed by atoms with van der Waals surface area (Å²) in [6, 6.07) is 0. The second kappa shape index (κ2) is 11.3. The second-order valence-corrected chi connectivity index (χ2v) is 9.09. The van der Waals surface area contributed by atoms with Gasteiger partial charge in [0, 0.05) is 6.61 Å². The van der Waals surface area contributed by atoms with Crippen molar-refractivity contribution in [2.45, 2.75) is 88.2 Å². The van der Waals surface area contributed by atoms with Crippen LogP contribution in [0.4, 0.5) is 0 Å². The fourth-order valence-corrected chi connectivity index (χ4v) is 3.58. The summed E-state index contributed by atoms with van der Waals surface area (Å²) in [6.45, 7) is 22.4. The third-order valence-electron chi connectivity index (χ3n) is 6.33. The van der Waals surface area contributed by atoms with Crippen LogP contribution in [0.25, 0.3) is 0 Å². The molecule has 0 radical (unpaired) electrons. The number of carboxylic acid groups (broad SMARTS) is 1. The number of carboxylic acids is 1. The Morgan fingerprint density at radius 1 is 0.897 bits per heavy atom. The number of allylic oxidation sites excluding steroid dienone is 8. The van der Waals surface area contributed by atoms with E-state index in [0.717, 1.165) is 6.42 Å². The van der Waals surface area contributed by atoms with E-state index in [1.807, 2.05) is 0 Å². The number of rotatable bonds is 1. The Morgan fingerprint density at radius 2 is 1.28 bits per heavy atom. The van der Waals surface area contributed by atoms with Crippen LogP contribution in [0.5, 0.6) is 0 Å². The third kappa shape index (κ3) is 7.69. The molecule has 3 rings (SSSR count). The van der Waals surface area contributed by atoms with E-state index in [-0.39, 0.29) is 48.6 Å². The van der Waals surface area contributed by atoms with Gasteiger partial charge in [0.15, 0.2) is 6.10 Å². The van der Waals surface area contributed by atoms with Gasteiger partial charge in [-0.25, -0.2) is 15.9 Å². The predicted octanol–water partition coefficient (Wildman–Crippen LogP) is 6.09. The standard InChI is InChI=1S/2C10H15.C5H8O3.Ca/c2*1-7-6-10(4,5)9(3)8(7)2;6-5(7)4-2-1-3-8-4;/h2*1-5H3;4H,1-3H2,(H,6,7);/q2*-1;;+2. The molecule has 29 heavy (non-hydrogen) atoms. The number of carbonyl (C=O) groups is 1. The van der Waals surface area contributed by atoms with Crippen molar-refractivity contribution in [3.8, 4) is 0 Å². The number of ether oxygens (including phenoxy) is 1. The Bertz CT molecular complexity index is 677. The number of hydrogen-bond acceptors (Lipinski definition) is 2. The summed E-state index contributed by atoms with van der Waals surface area (Å²) in [5.41, 5.74) is 8.79. The van der Waals surface area contributed by atoms with Crippen LogP contribution in [0.3, 0.4) is 0 Å². The van der Waals surface area contributed by atoms with Gasteiger partial charge in [0.25, 0.3) is 0 Å². The zero-order chi connectivity index (χ0) is 21.9. The Balaban J connectivity index is 0.000000401. The van der Waals surface area contributed by atoms with Gasteiger partial charge in [0.05, 0.1) is 0 Å². The van der Waals surface area contributed by atoms with E-state index in [0.29, 0.717) is 13.0 Å². The van der Waals surface area contributed by atoms with Crippen LogP contribution < -0.4 is 0 Å². The quantitative estimate of drug-likeness (QED) is 0.407. The molecule has 1 N–H and O–H groups in total. The summed E-state index contributed by atoms with van der Waals surface area (Å²) in [5.74, 6) is -0.831. The monoisotopic (exact) mass is 426 g/mol. The Morgan fingerprint density at radius 3 is 1.38 bits per heavy atom. The first-order valence-electron chi connectivity index (χ1n) is 10.1. The normalized spacial score (nSPS) is 24.0. The fraction of sp³-hybridized carbons (Fsp3) is 0.640. The summed E-state index contributed by atoms with van der Waals surface area (Å²) in [5, 5.41) is 8.29. The molecule has 0 aromatic heterocycles. The molecule has 0 aromatic carbocycles. The third-order valence-corrected chi connectivity index (χ3v) is 6.33.